The van der Waals surface area contributed by atoms with Crippen LogP contribution in [0, 0.1) is 28.4 Å². The number of hydrogen-bond donors (Lipinski definition) is 2. The predicted molar refractivity (Wildman–Crippen MR) is 168 cm³/mol. The van der Waals surface area contributed by atoms with Crippen molar-refractivity contribution in [3.63, 3.8) is 0 Å². The number of nitrogens with zero attached hydrogens (tertiary/aromatic N) is 1. The molecule has 4 atom stereocenters. The zero-order valence-corrected chi connectivity index (χ0v) is 26.9. The number of halogens is 4. The second kappa shape index (κ2) is 12.5. The number of hydrogen-bond acceptors (Lipinski definition) is 5. The lowest BCUT2D eigenvalue weighted by molar-refractivity contribution is -0.118. The van der Waals surface area contributed by atoms with E-state index in [2.05, 4.69) is 16.7 Å². The molecule has 0 radical (unpaired) electrons. The second-order valence-electron chi connectivity index (χ2n) is 13.3. The van der Waals surface area contributed by atoms with Gasteiger partial charge in [-0.3, -0.25) is 4.79 Å². The summed E-state index contributed by atoms with van der Waals surface area (Å²) in [6.07, 6.45) is 0.333. The molecule has 0 saturated carbocycles. The van der Waals surface area contributed by atoms with Crippen molar-refractivity contribution in [2.24, 2.45) is 5.41 Å². The minimum absolute atomic E-state index is 0.0139. The van der Waals surface area contributed by atoms with Crippen LogP contribution in [0.3, 0.4) is 0 Å². The van der Waals surface area contributed by atoms with Gasteiger partial charge in [0, 0.05) is 28.2 Å². The number of benzene rings is 3. The Kier molecular flexibility index (Phi) is 9.46. The summed E-state index contributed by atoms with van der Waals surface area (Å²) in [6.45, 7) is 11.1. The average Bonchev–Trinajstić information content (AvgIpc) is 3.22. The summed E-state index contributed by atoms with van der Waals surface area (Å²) in [7, 11) is 0. The molecule has 3 aromatic carbocycles. The van der Waals surface area contributed by atoms with Gasteiger partial charge in [-0.1, -0.05) is 68.2 Å². The summed E-state index contributed by atoms with van der Waals surface area (Å²) < 4.78 is 37.1. The van der Waals surface area contributed by atoms with Crippen LogP contribution in [0.1, 0.15) is 75.4 Å². The minimum Gasteiger partial charge on any atom is -0.456 e. The number of anilines is 1. The molecule has 0 spiro atoms. The third-order valence-corrected chi connectivity index (χ3v) is 8.02. The molecule has 1 saturated heterocycles. The first kappa shape index (κ1) is 33.4. The first-order valence-corrected chi connectivity index (χ1v) is 14.9. The van der Waals surface area contributed by atoms with E-state index in [0.29, 0.717) is 6.42 Å². The van der Waals surface area contributed by atoms with E-state index in [-0.39, 0.29) is 37.8 Å². The van der Waals surface area contributed by atoms with Gasteiger partial charge in [0.1, 0.15) is 22.7 Å². The first-order valence-electron chi connectivity index (χ1n) is 14.2. The van der Waals surface area contributed by atoms with Gasteiger partial charge in [0.05, 0.1) is 22.7 Å². The largest absolute Gasteiger partial charge is 0.456 e. The van der Waals surface area contributed by atoms with Crippen molar-refractivity contribution in [1.82, 2.24) is 5.32 Å². The first-order chi connectivity index (χ1) is 20.5. The molecule has 1 aliphatic heterocycles. The topological polar surface area (TPSA) is 91.2 Å². The molecule has 1 heterocycles. The number of carbonyl (C=O) groups is 2. The number of carbonyl (C=O) groups excluding carboxylic acids is 2. The van der Waals surface area contributed by atoms with E-state index in [1.54, 1.807) is 39.0 Å². The standard InChI is InChI=1S/C34H35Cl2F2N3O3/c1-32(2,3)17-26-34(18-39,23-14-13-20(35)16-25(23)37)27(22-11-8-12-24(36)28(22)38)29(41-26)30(42)40-21-10-7-9-19(15-21)31(43)44-33(4,5)6/h7-16,26-27,29,41H,17H2,1-6H3,(H,40,42). The fraction of sp³-hybridized carbons (Fsp3) is 0.382. The van der Waals surface area contributed by atoms with Crippen molar-refractivity contribution in [3.05, 3.63) is 99.0 Å². The number of rotatable bonds is 6. The highest BCUT2D eigenvalue weighted by Gasteiger charge is 2.61. The molecule has 4 unspecified atom stereocenters. The van der Waals surface area contributed by atoms with Crippen molar-refractivity contribution in [1.29, 1.82) is 5.26 Å². The molecule has 3 aromatic rings. The fourth-order valence-electron chi connectivity index (χ4n) is 5.84. The summed E-state index contributed by atoms with van der Waals surface area (Å²) in [6, 6.07) is 14.9. The molecular formula is C34H35Cl2F2N3O3. The minimum atomic E-state index is -1.76. The van der Waals surface area contributed by atoms with Crippen molar-refractivity contribution < 1.29 is 23.1 Å². The Morgan fingerprint density at radius 3 is 2.32 bits per heavy atom. The molecule has 1 amide bonds. The van der Waals surface area contributed by atoms with Crippen LogP contribution < -0.4 is 10.6 Å². The van der Waals surface area contributed by atoms with Crippen LogP contribution >= 0.6 is 23.2 Å². The summed E-state index contributed by atoms with van der Waals surface area (Å²) in [5.41, 5.74) is -2.39. The Labute approximate surface area is 266 Å². The molecule has 10 heteroatoms. The number of ether oxygens (including phenoxy) is 1. The Balaban J connectivity index is 1.87. The van der Waals surface area contributed by atoms with Gasteiger partial charge >= 0.3 is 5.97 Å². The average molecular weight is 643 g/mol. The van der Waals surface area contributed by atoms with Gasteiger partial charge in [-0.15, -0.1) is 0 Å². The van der Waals surface area contributed by atoms with Gasteiger partial charge in [0.15, 0.2) is 0 Å². The van der Waals surface area contributed by atoms with Gasteiger partial charge in [-0.25, -0.2) is 13.6 Å². The van der Waals surface area contributed by atoms with Crippen molar-refractivity contribution in [2.45, 2.75) is 77.0 Å². The van der Waals surface area contributed by atoms with Gasteiger partial charge in [-0.2, -0.15) is 5.26 Å². The highest BCUT2D eigenvalue weighted by Crippen LogP contribution is 2.52. The van der Waals surface area contributed by atoms with Gasteiger partial charge < -0.3 is 15.4 Å². The van der Waals surface area contributed by atoms with Crippen LogP contribution in [0.25, 0.3) is 0 Å². The quantitative estimate of drug-likeness (QED) is 0.265. The summed E-state index contributed by atoms with van der Waals surface area (Å²) >= 11 is 12.3. The lowest BCUT2D eigenvalue weighted by Gasteiger charge is -2.37. The lowest BCUT2D eigenvalue weighted by Crippen LogP contribution is -2.45. The maximum atomic E-state index is 15.9. The summed E-state index contributed by atoms with van der Waals surface area (Å²) in [5.74, 6) is -3.96. The van der Waals surface area contributed by atoms with Crippen LogP contribution in [0.4, 0.5) is 14.5 Å². The SMILES string of the molecule is CC(C)(C)CC1NC(C(=O)Nc2cccc(C(=O)OC(C)(C)C)c2)C(c2cccc(Cl)c2F)C1(C#N)c1ccc(Cl)cc1F. The van der Waals surface area contributed by atoms with E-state index in [1.807, 2.05) is 20.8 Å². The van der Waals surface area contributed by atoms with Crippen LogP contribution in [0.5, 0.6) is 0 Å². The van der Waals surface area contributed by atoms with E-state index in [9.17, 15) is 14.9 Å². The zero-order valence-electron chi connectivity index (χ0n) is 25.4. The summed E-state index contributed by atoms with van der Waals surface area (Å²) in [5, 5.41) is 17.0. The molecule has 44 heavy (non-hydrogen) atoms. The Hall–Kier alpha value is -3.51. The zero-order chi connectivity index (χ0) is 32.6. The third-order valence-electron chi connectivity index (χ3n) is 7.50. The Morgan fingerprint density at radius 1 is 1.02 bits per heavy atom. The Morgan fingerprint density at radius 2 is 1.70 bits per heavy atom. The van der Waals surface area contributed by atoms with E-state index in [0.717, 1.165) is 6.07 Å². The maximum absolute atomic E-state index is 15.9. The molecule has 4 rings (SSSR count). The van der Waals surface area contributed by atoms with Gasteiger partial charge in [-0.05, 0) is 74.6 Å². The highest BCUT2D eigenvalue weighted by molar-refractivity contribution is 6.31. The fourth-order valence-corrected chi connectivity index (χ4v) is 6.18. The van der Waals surface area contributed by atoms with E-state index in [1.165, 1.54) is 36.4 Å². The lowest BCUT2D eigenvalue weighted by atomic mass is 9.62. The maximum Gasteiger partial charge on any atom is 0.338 e. The van der Waals surface area contributed by atoms with Gasteiger partial charge in [0.2, 0.25) is 5.91 Å². The predicted octanol–water partition coefficient (Wildman–Crippen LogP) is 8.19. The van der Waals surface area contributed by atoms with Gasteiger partial charge in [0.25, 0.3) is 0 Å². The molecular weight excluding hydrogens is 607 g/mol. The molecule has 6 nitrogen and oxygen atoms in total. The van der Waals surface area contributed by atoms with Crippen LogP contribution in [-0.4, -0.2) is 29.6 Å². The third kappa shape index (κ3) is 6.91. The van der Waals surface area contributed by atoms with E-state index < -0.39 is 52.5 Å². The number of esters is 1. The smallest absolute Gasteiger partial charge is 0.338 e. The number of nitriles is 1. The van der Waals surface area contributed by atoms with E-state index in [4.69, 9.17) is 27.9 Å². The number of nitrogens with one attached hydrogen (secondary N) is 2. The molecule has 2 N–H and O–H groups in total. The van der Waals surface area contributed by atoms with Crippen molar-refractivity contribution in [2.75, 3.05) is 5.32 Å². The van der Waals surface area contributed by atoms with Crippen molar-refractivity contribution in [3.8, 4) is 6.07 Å². The summed E-state index contributed by atoms with van der Waals surface area (Å²) in [4.78, 5) is 26.8. The van der Waals surface area contributed by atoms with Crippen LogP contribution in [0.15, 0.2) is 60.7 Å². The Bertz CT molecular complexity index is 1630. The molecule has 0 aliphatic carbocycles. The van der Waals surface area contributed by atoms with E-state index >= 15 is 8.78 Å². The monoisotopic (exact) mass is 641 g/mol. The van der Waals surface area contributed by atoms with Crippen molar-refractivity contribution >= 4 is 40.8 Å². The molecule has 232 valence electrons. The molecule has 0 bridgehead atoms. The van der Waals surface area contributed by atoms with Crippen LogP contribution in [0.2, 0.25) is 10.0 Å². The molecule has 1 fully saturated rings. The van der Waals surface area contributed by atoms with Crippen LogP contribution in [-0.2, 0) is 14.9 Å². The second-order valence-corrected chi connectivity index (χ2v) is 14.1. The normalized spacial score (nSPS) is 21.9. The molecule has 0 aromatic heterocycles. The molecule has 1 aliphatic rings. The highest BCUT2D eigenvalue weighted by atomic mass is 35.5. The number of amides is 1.